The van der Waals surface area contributed by atoms with Crippen molar-refractivity contribution in [3.63, 3.8) is 0 Å². The van der Waals surface area contributed by atoms with E-state index in [1.54, 1.807) is 6.08 Å². The van der Waals surface area contributed by atoms with Crippen molar-refractivity contribution in [2.24, 2.45) is 0 Å². The van der Waals surface area contributed by atoms with Gasteiger partial charge < -0.3 is 15.1 Å². The average molecular weight is 400 g/mol. The Balaban J connectivity index is 1.91. The number of carbonyl (C=O) groups excluding carboxylic acids is 1. The molecule has 0 unspecified atom stereocenters. The van der Waals surface area contributed by atoms with Crippen LogP contribution >= 0.6 is 24.0 Å². The van der Waals surface area contributed by atoms with Gasteiger partial charge in [-0.25, -0.2) is 4.79 Å². The van der Waals surface area contributed by atoms with E-state index in [0.717, 1.165) is 23.0 Å². The summed E-state index contributed by atoms with van der Waals surface area (Å²) in [5.74, 6) is -1.98. The summed E-state index contributed by atoms with van der Waals surface area (Å²) < 4.78 is 0.304. The zero-order valence-corrected chi connectivity index (χ0v) is 16.2. The summed E-state index contributed by atoms with van der Waals surface area (Å²) in [6, 6.07) is 11.6. The Kier molecular flexibility index (Phi) is 5.20. The van der Waals surface area contributed by atoms with Gasteiger partial charge in [-0.15, -0.1) is 0 Å². The lowest BCUT2D eigenvalue weighted by Crippen LogP contribution is -2.27. The molecule has 1 fully saturated rings. The Labute approximate surface area is 165 Å². The number of anilines is 2. The third kappa shape index (κ3) is 3.81. The minimum Gasteiger partial charge on any atom is -0.507 e. The molecule has 8 heteroatoms. The summed E-state index contributed by atoms with van der Waals surface area (Å²) in [7, 11) is 3.90. The zero-order chi connectivity index (χ0) is 19.7. The predicted octanol–water partition coefficient (Wildman–Crippen LogP) is 3.56. The lowest BCUT2D eigenvalue weighted by Gasteiger charge is -2.15. The second-order valence-corrected chi connectivity index (χ2v) is 7.69. The van der Waals surface area contributed by atoms with Crippen LogP contribution in [0.5, 0.6) is 5.75 Å². The van der Waals surface area contributed by atoms with Crippen LogP contribution in [0.4, 0.5) is 11.4 Å². The molecular formula is C19H16N2O4S2. The predicted molar refractivity (Wildman–Crippen MR) is 111 cm³/mol. The van der Waals surface area contributed by atoms with Gasteiger partial charge in [-0.2, -0.15) is 0 Å². The van der Waals surface area contributed by atoms with Gasteiger partial charge in [0.2, 0.25) is 0 Å². The fourth-order valence-corrected chi connectivity index (χ4v) is 3.84. The van der Waals surface area contributed by atoms with Crippen molar-refractivity contribution in [3.8, 4) is 5.75 Å². The third-order valence-electron chi connectivity index (χ3n) is 3.97. The van der Waals surface area contributed by atoms with Gasteiger partial charge in [0, 0.05) is 19.8 Å². The number of hydrogen-bond donors (Lipinski definition) is 2. The molecule has 6 nitrogen and oxygen atoms in total. The van der Waals surface area contributed by atoms with E-state index in [4.69, 9.17) is 17.3 Å². The highest BCUT2D eigenvalue weighted by Crippen LogP contribution is 2.37. The summed E-state index contributed by atoms with van der Waals surface area (Å²) in [5, 5.41) is 18.8. The first kappa shape index (κ1) is 18.9. The topological polar surface area (TPSA) is 81.1 Å². The molecular weight excluding hydrogens is 384 g/mol. The van der Waals surface area contributed by atoms with Crippen LogP contribution in [0, 0.1) is 0 Å². The van der Waals surface area contributed by atoms with E-state index in [9.17, 15) is 14.7 Å². The fourth-order valence-electron chi connectivity index (χ4n) is 2.54. The average Bonchev–Trinajstić information content (AvgIpc) is 2.89. The monoisotopic (exact) mass is 400 g/mol. The molecule has 1 saturated heterocycles. The highest BCUT2D eigenvalue weighted by Gasteiger charge is 2.33. The number of carbonyl (C=O) groups is 2. The minimum absolute atomic E-state index is 0.287. The standard InChI is InChI=1S/C19H16N2O4S2/c1-20(2)12-5-3-11(4-6-12)9-16-17(23)21(19(26)27-16)13-7-8-15(22)14(10-13)18(24)25/h3-10,22H,1-2H3,(H,24,25)/b16-9-. The Morgan fingerprint density at radius 1 is 1.19 bits per heavy atom. The van der Waals surface area contributed by atoms with Gasteiger partial charge in [-0.3, -0.25) is 9.69 Å². The summed E-state index contributed by atoms with van der Waals surface area (Å²) in [6.07, 6.45) is 1.75. The number of carboxylic acids is 1. The first-order chi connectivity index (χ1) is 12.8. The molecule has 2 N–H and O–H groups in total. The maximum Gasteiger partial charge on any atom is 0.339 e. The largest absolute Gasteiger partial charge is 0.507 e. The van der Waals surface area contributed by atoms with Crippen LogP contribution in [0.15, 0.2) is 47.4 Å². The van der Waals surface area contributed by atoms with E-state index >= 15 is 0 Å². The molecule has 138 valence electrons. The van der Waals surface area contributed by atoms with Gasteiger partial charge in [-0.1, -0.05) is 36.1 Å². The van der Waals surface area contributed by atoms with Crippen LogP contribution in [0.1, 0.15) is 15.9 Å². The molecule has 0 saturated carbocycles. The third-order valence-corrected chi connectivity index (χ3v) is 5.27. The van der Waals surface area contributed by atoms with Crippen molar-refractivity contribution in [3.05, 3.63) is 58.5 Å². The molecule has 0 radical (unpaired) electrons. The fraction of sp³-hybridized carbons (Fsp3) is 0.105. The SMILES string of the molecule is CN(C)c1ccc(/C=C2\SC(=S)N(c3ccc(O)c(C(=O)O)c3)C2=O)cc1. The van der Waals surface area contributed by atoms with Crippen molar-refractivity contribution in [1.29, 1.82) is 0 Å². The molecule has 0 aromatic heterocycles. The van der Waals surface area contributed by atoms with Crippen LogP contribution in [0.2, 0.25) is 0 Å². The number of phenols is 1. The molecule has 3 rings (SSSR count). The normalized spacial score (nSPS) is 15.5. The molecule has 1 heterocycles. The van der Waals surface area contributed by atoms with E-state index in [1.165, 1.54) is 23.1 Å². The van der Waals surface area contributed by atoms with Gasteiger partial charge in [0.25, 0.3) is 5.91 Å². The van der Waals surface area contributed by atoms with Gasteiger partial charge in [0.05, 0.1) is 10.6 Å². The molecule has 0 atom stereocenters. The number of hydrogen-bond acceptors (Lipinski definition) is 6. The summed E-state index contributed by atoms with van der Waals surface area (Å²) in [6.45, 7) is 0. The second-order valence-electron chi connectivity index (χ2n) is 6.01. The molecule has 1 aliphatic heterocycles. The molecule has 0 aliphatic carbocycles. The first-order valence-corrected chi connectivity index (χ1v) is 9.12. The molecule has 1 amide bonds. The van der Waals surface area contributed by atoms with Gasteiger partial charge in [0.1, 0.15) is 11.3 Å². The Hall–Kier alpha value is -2.84. The van der Waals surface area contributed by atoms with Gasteiger partial charge in [0.15, 0.2) is 4.32 Å². The van der Waals surface area contributed by atoms with Crippen LogP contribution in [0.25, 0.3) is 6.08 Å². The number of amides is 1. The Morgan fingerprint density at radius 3 is 2.44 bits per heavy atom. The van der Waals surface area contributed by atoms with E-state index in [0.29, 0.717) is 14.9 Å². The van der Waals surface area contributed by atoms with Crippen molar-refractivity contribution in [2.75, 3.05) is 23.9 Å². The summed E-state index contributed by atoms with van der Waals surface area (Å²) >= 11 is 6.45. The van der Waals surface area contributed by atoms with Crippen molar-refractivity contribution >= 4 is 57.6 Å². The first-order valence-electron chi connectivity index (χ1n) is 7.89. The second kappa shape index (κ2) is 7.42. The molecule has 0 bridgehead atoms. The van der Waals surface area contributed by atoms with Crippen molar-refractivity contribution < 1.29 is 19.8 Å². The quantitative estimate of drug-likeness (QED) is 0.600. The lowest BCUT2D eigenvalue weighted by molar-refractivity contribution is -0.113. The Bertz CT molecular complexity index is 968. The maximum absolute atomic E-state index is 12.8. The maximum atomic E-state index is 12.8. The number of carboxylic acid groups (broad SMARTS) is 1. The van der Waals surface area contributed by atoms with Gasteiger partial charge >= 0.3 is 5.97 Å². The number of benzene rings is 2. The van der Waals surface area contributed by atoms with Gasteiger partial charge in [-0.05, 0) is 42.0 Å². The highest BCUT2D eigenvalue weighted by atomic mass is 32.2. The van der Waals surface area contributed by atoms with Crippen LogP contribution in [-0.4, -0.2) is 40.5 Å². The van der Waals surface area contributed by atoms with Crippen molar-refractivity contribution in [1.82, 2.24) is 0 Å². The van der Waals surface area contributed by atoms with E-state index < -0.39 is 5.97 Å². The molecule has 1 aliphatic rings. The summed E-state index contributed by atoms with van der Waals surface area (Å²) in [5.41, 5.74) is 1.92. The smallest absolute Gasteiger partial charge is 0.339 e. The summed E-state index contributed by atoms with van der Waals surface area (Å²) in [4.78, 5) is 27.7. The molecule has 27 heavy (non-hydrogen) atoms. The van der Waals surface area contributed by atoms with E-state index in [1.807, 2.05) is 43.3 Å². The number of aromatic carboxylic acids is 1. The molecule has 2 aromatic rings. The lowest BCUT2D eigenvalue weighted by atomic mass is 10.1. The Morgan fingerprint density at radius 2 is 1.85 bits per heavy atom. The van der Waals surface area contributed by atoms with Crippen molar-refractivity contribution in [2.45, 2.75) is 0 Å². The van der Waals surface area contributed by atoms with Crippen LogP contribution in [-0.2, 0) is 4.79 Å². The molecule has 2 aromatic carbocycles. The zero-order valence-electron chi connectivity index (χ0n) is 14.5. The number of thiocarbonyl (C=S) groups is 1. The number of aromatic hydroxyl groups is 1. The molecule has 0 spiro atoms. The van der Waals surface area contributed by atoms with Crippen LogP contribution in [0.3, 0.4) is 0 Å². The number of thioether (sulfide) groups is 1. The van der Waals surface area contributed by atoms with E-state index in [2.05, 4.69) is 0 Å². The number of rotatable bonds is 4. The minimum atomic E-state index is -1.28. The van der Waals surface area contributed by atoms with E-state index in [-0.39, 0.29) is 17.2 Å². The highest BCUT2D eigenvalue weighted by molar-refractivity contribution is 8.27. The van der Waals surface area contributed by atoms with Crippen LogP contribution < -0.4 is 9.80 Å². The number of nitrogens with zero attached hydrogens (tertiary/aromatic N) is 2.